The summed E-state index contributed by atoms with van der Waals surface area (Å²) in [6.45, 7) is 0. The van der Waals surface area contributed by atoms with Crippen LogP contribution in [0.4, 0.5) is 5.69 Å². The fourth-order valence-electron chi connectivity index (χ4n) is 3.16. The highest BCUT2D eigenvalue weighted by Gasteiger charge is 2.32. The first-order valence-corrected chi connectivity index (χ1v) is 9.62. The van der Waals surface area contributed by atoms with Crippen molar-refractivity contribution in [2.24, 2.45) is 5.10 Å². The molecule has 3 aromatic carbocycles. The Bertz CT molecular complexity index is 1130. The standard InChI is InChI=1S/C23H16Cl2N2O2/c1-29-22-16(12-17(24)14-20(22)25)13-19-21(15-8-4-2-5-9-15)26-27(23(19)28)18-10-6-3-7-11-18/h2-14H,1H3/b19-13-. The Hall–Kier alpha value is -3.08. The van der Waals surface area contributed by atoms with Gasteiger partial charge in [0.05, 0.1) is 23.4 Å². The molecule has 1 heterocycles. The van der Waals surface area contributed by atoms with Crippen molar-refractivity contribution in [1.82, 2.24) is 0 Å². The number of halogens is 2. The zero-order valence-electron chi connectivity index (χ0n) is 15.5. The predicted octanol–water partition coefficient (Wildman–Crippen LogP) is 5.84. The highest BCUT2D eigenvalue weighted by Crippen LogP contribution is 2.35. The maximum Gasteiger partial charge on any atom is 0.281 e. The number of ether oxygens (including phenoxy) is 1. The molecule has 4 rings (SSSR count). The minimum absolute atomic E-state index is 0.242. The van der Waals surface area contributed by atoms with E-state index in [0.717, 1.165) is 5.56 Å². The molecule has 1 amide bonds. The SMILES string of the molecule is COc1c(Cl)cc(Cl)cc1/C=C1\C(=O)N(c2ccccc2)N=C1c1ccccc1. The zero-order valence-corrected chi connectivity index (χ0v) is 17.0. The number of rotatable bonds is 4. The van der Waals surface area contributed by atoms with Gasteiger partial charge in [0.2, 0.25) is 0 Å². The largest absolute Gasteiger partial charge is 0.495 e. The number of methoxy groups -OCH3 is 1. The van der Waals surface area contributed by atoms with Crippen LogP contribution in [0.2, 0.25) is 10.0 Å². The molecule has 0 aromatic heterocycles. The van der Waals surface area contributed by atoms with Crippen molar-refractivity contribution in [3.63, 3.8) is 0 Å². The van der Waals surface area contributed by atoms with Crippen LogP contribution in [0, 0.1) is 0 Å². The molecule has 3 aromatic rings. The number of amides is 1. The first kappa shape index (κ1) is 19.2. The molecule has 0 saturated carbocycles. The fraction of sp³-hybridized carbons (Fsp3) is 0.0435. The number of carbonyl (C=O) groups excluding carboxylic acids is 1. The van der Waals surface area contributed by atoms with E-state index < -0.39 is 0 Å². The Labute approximate surface area is 178 Å². The Morgan fingerprint density at radius 2 is 1.62 bits per heavy atom. The first-order chi connectivity index (χ1) is 14.1. The van der Waals surface area contributed by atoms with Gasteiger partial charge in [0, 0.05) is 16.1 Å². The van der Waals surface area contributed by atoms with Gasteiger partial charge in [-0.1, -0.05) is 71.7 Å². The number of nitrogens with zero attached hydrogens (tertiary/aromatic N) is 2. The Morgan fingerprint density at radius 1 is 0.966 bits per heavy atom. The van der Waals surface area contributed by atoms with Gasteiger partial charge in [-0.25, -0.2) is 0 Å². The van der Waals surface area contributed by atoms with Crippen molar-refractivity contribution in [1.29, 1.82) is 0 Å². The maximum atomic E-state index is 13.3. The molecular weight excluding hydrogens is 407 g/mol. The van der Waals surface area contributed by atoms with Gasteiger partial charge in [0.15, 0.2) is 0 Å². The molecule has 0 bridgehead atoms. The third-order valence-corrected chi connectivity index (χ3v) is 4.97. The smallest absolute Gasteiger partial charge is 0.281 e. The summed E-state index contributed by atoms with van der Waals surface area (Å²) in [6, 6.07) is 22.2. The van der Waals surface area contributed by atoms with Crippen LogP contribution >= 0.6 is 23.2 Å². The highest BCUT2D eigenvalue weighted by molar-refractivity contribution is 6.38. The lowest BCUT2D eigenvalue weighted by atomic mass is 10.00. The van der Waals surface area contributed by atoms with Crippen molar-refractivity contribution < 1.29 is 9.53 Å². The molecule has 0 radical (unpaired) electrons. The van der Waals surface area contributed by atoms with Crippen LogP contribution < -0.4 is 9.75 Å². The number of hydrazone groups is 1. The van der Waals surface area contributed by atoms with Crippen LogP contribution in [0.1, 0.15) is 11.1 Å². The van der Waals surface area contributed by atoms with Gasteiger partial charge in [-0.15, -0.1) is 0 Å². The zero-order chi connectivity index (χ0) is 20.4. The molecule has 0 atom stereocenters. The Kier molecular flexibility index (Phi) is 5.38. The summed E-state index contributed by atoms with van der Waals surface area (Å²) in [5, 5.41) is 6.83. The summed E-state index contributed by atoms with van der Waals surface area (Å²) in [4.78, 5) is 13.3. The number of carbonyl (C=O) groups is 1. The summed E-state index contributed by atoms with van der Waals surface area (Å²) in [5.74, 6) is 0.204. The molecule has 6 heteroatoms. The van der Waals surface area contributed by atoms with E-state index in [1.165, 1.54) is 12.1 Å². The normalized spacial score (nSPS) is 15.0. The van der Waals surface area contributed by atoms with Crippen LogP contribution in [-0.2, 0) is 4.79 Å². The molecule has 144 valence electrons. The second kappa shape index (κ2) is 8.11. The minimum Gasteiger partial charge on any atom is -0.495 e. The van der Waals surface area contributed by atoms with Gasteiger partial charge in [-0.3, -0.25) is 4.79 Å². The lowest BCUT2D eigenvalue weighted by molar-refractivity contribution is -0.114. The van der Waals surface area contributed by atoms with E-state index in [1.807, 2.05) is 60.7 Å². The third kappa shape index (κ3) is 3.77. The molecule has 0 saturated heterocycles. The monoisotopic (exact) mass is 422 g/mol. The molecule has 0 N–H and O–H groups in total. The first-order valence-electron chi connectivity index (χ1n) is 8.87. The van der Waals surface area contributed by atoms with Crippen molar-refractivity contribution in [3.05, 3.63) is 99.5 Å². The number of para-hydroxylation sites is 1. The number of benzene rings is 3. The van der Waals surface area contributed by atoms with E-state index in [-0.39, 0.29) is 5.91 Å². The fourth-order valence-corrected chi connectivity index (χ4v) is 3.74. The average Bonchev–Trinajstić information content (AvgIpc) is 3.05. The predicted molar refractivity (Wildman–Crippen MR) is 118 cm³/mol. The third-order valence-electron chi connectivity index (χ3n) is 4.47. The summed E-state index contributed by atoms with van der Waals surface area (Å²) in [6.07, 6.45) is 1.72. The molecule has 0 fully saturated rings. The van der Waals surface area contributed by atoms with E-state index in [1.54, 1.807) is 18.2 Å². The highest BCUT2D eigenvalue weighted by atomic mass is 35.5. The van der Waals surface area contributed by atoms with Gasteiger partial charge < -0.3 is 4.74 Å². The quantitative estimate of drug-likeness (QED) is 0.495. The van der Waals surface area contributed by atoms with Gasteiger partial charge in [-0.2, -0.15) is 10.1 Å². The summed E-state index contributed by atoms with van der Waals surface area (Å²) in [5.41, 5.74) is 3.12. The van der Waals surface area contributed by atoms with Gasteiger partial charge in [-0.05, 0) is 30.3 Å². The van der Waals surface area contributed by atoms with Crippen molar-refractivity contribution in [2.75, 3.05) is 12.1 Å². The van der Waals surface area contributed by atoms with E-state index in [0.29, 0.717) is 38.3 Å². The molecule has 29 heavy (non-hydrogen) atoms. The second-order valence-corrected chi connectivity index (χ2v) is 7.18. The molecule has 0 spiro atoms. The summed E-state index contributed by atoms with van der Waals surface area (Å²) >= 11 is 12.5. The number of hydrogen-bond donors (Lipinski definition) is 0. The minimum atomic E-state index is -0.242. The van der Waals surface area contributed by atoms with Crippen molar-refractivity contribution in [2.45, 2.75) is 0 Å². The summed E-state index contributed by atoms with van der Waals surface area (Å²) < 4.78 is 5.43. The van der Waals surface area contributed by atoms with Crippen LogP contribution in [-0.4, -0.2) is 18.7 Å². The van der Waals surface area contributed by atoms with Crippen molar-refractivity contribution >= 4 is 46.6 Å². The molecule has 4 nitrogen and oxygen atoms in total. The van der Waals surface area contributed by atoms with E-state index >= 15 is 0 Å². The van der Waals surface area contributed by atoms with Crippen molar-refractivity contribution in [3.8, 4) is 5.75 Å². The average molecular weight is 423 g/mol. The molecule has 0 unspecified atom stereocenters. The van der Waals surface area contributed by atoms with Gasteiger partial charge >= 0.3 is 0 Å². The Balaban J connectivity index is 1.89. The van der Waals surface area contributed by atoms with Gasteiger partial charge in [0.25, 0.3) is 5.91 Å². The van der Waals surface area contributed by atoms with Crippen LogP contribution in [0.3, 0.4) is 0 Å². The number of hydrogen-bond acceptors (Lipinski definition) is 3. The molecule has 1 aliphatic heterocycles. The van der Waals surface area contributed by atoms with Crippen LogP contribution in [0.15, 0.2) is 83.5 Å². The molecule has 0 aliphatic carbocycles. The maximum absolute atomic E-state index is 13.3. The molecule has 1 aliphatic rings. The van der Waals surface area contributed by atoms with Crippen LogP contribution in [0.25, 0.3) is 6.08 Å². The summed E-state index contributed by atoms with van der Waals surface area (Å²) in [7, 11) is 1.52. The Morgan fingerprint density at radius 3 is 2.28 bits per heavy atom. The van der Waals surface area contributed by atoms with Gasteiger partial charge in [0.1, 0.15) is 11.5 Å². The lowest BCUT2D eigenvalue weighted by Crippen LogP contribution is -2.21. The van der Waals surface area contributed by atoms with Crippen LogP contribution in [0.5, 0.6) is 5.75 Å². The second-order valence-electron chi connectivity index (χ2n) is 6.34. The van der Waals surface area contributed by atoms with E-state index in [4.69, 9.17) is 27.9 Å². The topological polar surface area (TPSA) is 41.9 Å². The molecular formula is C23H16Cl2N2O2. The lowest BCUT2D eigenvalue weighted by Gasteiger charge is -2.11. The number of anilines is 1. The van der Waals surface area contributed by atoms with E-state index in [2.05, 4.69) is 5.10 Å². The van der Waals surface area contributed by atoms with E-state index in [9.17, 15) is 4.79 Å².